The Balaban J connectivity index is 1.65. The van der Waals surface area contributed by atoms with Gasteiger partial charge in [-0.15, -0.1) is 0 Å². The maximum absolute atomic E-state index is 5.78. The quantitative estimate of drug-likeness (QED) is 0.780. The number of rotatable bonds is 3. The number of hydrogen-bond acceptors (Lipinski definition) is 7. The highest BCUT2D eigenvalue weighted by Crippen LogP contribution is 2.34. The molecular formula is C18H20N4O3. The molecule has 0 aliphatic carbocycles. The maximum Gasteiger partial charge on any atom is 0.263 e. The largest absolute Gasteiger partial charge is 0.490 e. The number of benzene rings is 1. The zero-order valence-electron chi connectivity index (χ0n) is 14.5. The number of aromatic nitrogens is 3. The van der Waals surface area contributed by atoms with Crippen molar-refractivity contribution < 1.29 is 14.0 Å². The molecule has 0 fully saturated rings. The van der Waals surface area contributed by atoms with Crippen molar-refractivity contribution >= 4 is 16.9 Å². The Morgan fingerprint density at radius 2 is 1.88 bits per heavy atom. The van der Waals surface area contributed by atoms with E-state index in [0.717, 1.165) is 40.4 Å². The Kier molecular flexibility index (Phi) is 3.91. The van der Waals surface area contributed by atoms with Crippen LogP contribution in [0, 0.1) is 13.8 Å². The van der Waals surface area contributed by atoms with E-state index >= 15 is 0 Å². The molecule has 7 heteroatoms. The number of fused-ring (bicyclic) bond motifs is 2. The minimum Gasteiger partial charge on any atom is -0.490 e. The van der Waals surface area contributed by atoms with Crippen LogP contribution in [0.1, 0.15) is 36.5 Å². The average molecular weight is 340 g/mol. The van der Waals surface area contributed by atoms with Gasteiger partial charge in [0.2, 0.25) is 0 Å². The minimum absolute atomic E-state index is 0.0175. The lowest BCUT2D eigenvalue weighted by atomic mass is 10.1. The molecule has 2 aromatic heterocycles. The first-order chi connectivity index (χ1) is 12.1. The highest BCUT2D eigenvalue weighted by molar-refractivity contribution is 5.87. The summed E-state index contributed by atoms with van der Waals surface area (Å²) in [6.45, 7) is 7.15. The molecule has 25 heavy (non-hydrogen) atoms. The number of ether oxygens (including phenoxy) is 2. The highest BCUT2D eigenvalue weighted by atomic mass is 16.5. The van der Waals surface area contributed by atoms with Gasteiger partial charge in [0.1, 0.15) is 17.0 Å². The molecule has 0 spiro atoms. The van der Waals surface area contributed by atoms with Gasteiger partial charge in [-0.2, -0.15) is 4.98 Å². The molecule has 0 amide bonds. The van der Waals surface area contributed by atoms with E-state index in [4.69, 9.17) is 14.0 Å². The summed E-state index contributed by atoms with van der Waals surface area (Å²) in [5.41, 5.74) is 2.35. The van der Waals surface area contributed by atoms with Crippen LogP contribution in [-0.2, 0) is 0 Å². The molecule has 4 rings (SSSR count). The van der Waals surface area contributed by atoms with Crippen molar-refractivity contribution in [3.8, 4) is 11.5 Å². The molecule has 0 unspecified atom stereocenters. The lowest BCUT2D eigenvalue weighted by molar-refractivity contribution is 0.297. The van der Waals surface area contributed by atoms with Gasteiger partial charge in [0, 0.05) is 6.42 Å². The third-order valence-corrected chi connectivity index (χ3v) is 4.24. The van der Waals surface area contributed by atoms with E-state index in [1.54, 1.807) is 0 Å². The molecule has 0 saturated heterocycles. The molecule has 1 N–H and O–H groups in total. The van der Waals surface area contributed by atoms with E-state index in [9.17, 15) is 0 Å². The van der Waals surface area contributed by atoms with Crippen LogP contribution >= 0.6 is 0 Å². The zero-order valence-corrected chi connectivity index (χ0v) is 14.5. The summed E-state index contributed by atoms with van der Waals surface area (Å²) in [6, 6.07) is 6.03. The standard InChI is InChI=1S/C18H20N4O3/c1-10(13-5-6-14-15(9-13)24-8-4-7-23-14)19-17-16-11(2)22-25-18(16)21-12(3)20-17/h5-6,9-10H,4,7-8H2,1-3H3,(H,19,20,21)/t10-/m1/s1. The Bertz CT molecular complexity index is 922. The second-order valence-corrected chi connectivity index (χ2v) is 6.19. The van der Waals surface area contributed by atoms with Gasteiger partial charge in [-0.1, -0.05) is 11.2 Å². The molecule has 0 radical (unpaired) electrons. The molecule has 1 atom stereocenters. The summed E-state index contributed by atoms with van der Waals surface area (Å²) >= 11 is 0. The van der Waals surface area contributed by atoms with Crippen LogP contribution in [0.25, 0.3) is 11.1 Å². The topological polar surface area (TPSA) is 82.3 Å². The SMILES string of the molecule is Cc1nc(N[C@H](C)c2ccc3c(c2)OCCCO3)c2c(C)noc2n1. The van der Waals surface area contributed by atoms with Crippen molar-refractivity contribution in [3.05, 3.63) is 35.3 Å². The molecule has 7 nitrogen and oxygen atoms in total. The lowest BCUT2D eigenvalue weighted by Gasteiger charge is -2.17. The number of hydrogen-bond donors (Lipinski definition) is 1. The molecule has 3 aromatic rings. The first-order valence-corrected chi connectivity index (χ1v) is 8.38. The van der Waals surface area contributed by atoms with Crippen LogP contribution in [0.2, 0.25) is 0 Å². The van der Waals surface area contributed by atoms with Gasteiger partial charge in [-0.05, 0) is 38.5 Å². The summed E-state index contributed by atoms with van der Waals surface area (Å²) < 4.78 is 16.7. The van der Waals surface area contributed by atoms with Crippen molar-refractivity contribution in [3.63, 3.8) is 0 Å². The van der Waals surface area contributed by atoms with E-state index in [1.165, 1.54) is 0 Å². The molecule has 0 saturated carbocycles. The van der Waals surface area contributed by atoms with Crippen LogP contribution in [-0.4, -0.2) is 28.3 Å². The molecular weight excluding hydrogens is 320 g/mol. The molecule has 0 bridgehead atoms. The van der Waals surface area contributed by atoms with Gasteiger partial charge >= 0.3 is 0 Å². The van der Waals surface area contributed by atoms with Crippen molar-refractivity contribution in [1.82, 2.24) is 15.1 Å². The first kappa shape index (κ1) is 15.7. The fourth-order valence-electron chi connectivity index (χ4n) is 2.94. The van der Waals surface area contributed by atoms with Crippen molar-refractivity contribution in [2.24, 2.45) is 0 Å². The molecule has 1 aliphatic heterocycles. The van der Waals surface area contributed by atoms with Gasteiger partial charge < -0.3 is 19.3 Å². The summed E-state index contributed by atoms with van der Waals surface area (Å²) in [4.78, 5) is 8.81. The average Bonchev–Trinajstić information content (AvgIpc) is 2.82. The lowest BCUT2D eigenvalue weighted by Crippen LogP contribution is -2.10. The molecule has 1 aromatic carbocycles. The second-order valence-electron chi connectivity index (χ2n) is 6.19. The third kappa shape index (κ3) is 2.97. The third-order valence-electron chi connectivity index (χ3n) is 4.24. The van der Waals surface area contributed by atoms with Crippen molar-refractivity contribution in [2.45, 2.75) is 33.2 Å². The Labute approximate surface area is 145 Å². The smallest absolute Gasteiger partial charge is 0.263 e. The van der Waals surface area contributed by atoms with E-state index in [2.05, 4.69) is 27.4 Å². The summed E-state index contributed by atoms with van der Waals surface area (Å²) in [5.74, 6) is 2.94. The fraction of sp³-hybridized carbons (Fsp3) is 0.389. The number of nitrogens with zero attached hydrogens (tertiary/aromatic N) is 3. The van der Waals surface area contributed by atoms with Gasteiger partial charge in [-0.25, -0.2) is 4.98 Å². The van der Waals surface area contributed by atoms with Crippen LogP contribution < -0.4 is 14.8 Å². The van der Waals surface area contributed by atoms with E-state index < -0.39 is 0 Å². The van der Waals surface area contributed by atoms with Crippen LogP contribution in [0.5, 0.6) is 11.5 Å². The predicted octanol–water partition coefficient (Wildman–Crippen LogP) is 3.57. The monoisotopic (exact) mass is 340 g/mol. The van der Waals surface area contributed by atoms with Gasteiger partial charge in [0.15, 0.2) is 11.5 Å². The Morgan fingerprint density at radius 3 is 2.72 bits per heavy atom. The van der Waals surface area contributed by atoms with Crippen molar-refractivity contribution in [2.75, 3.05) is 18.5 Å². The van der Waals surface area contributed by atoms with Crippen LogP contribution in [0.4, 0.5) is 5.82 Å². The molecule has 1 aliphatic rings. The van der Waals surface area contributed by atoms with Crippen LogP contribution in [0.3, 0.4) is 0 Å². The van der Waals surface area contributed by atoms with E-state index in [1.807, 2.05) is 32.0 Å². The Morgan fingerprint density at radius 1 is 1.08 bits per heavy atom. The first-order valence-electron chi connectivity index (χ1n) is 8.38. The highest BCUT2D eigenvalue weighted by Gasteiger charge is 2.18. The maximum atomic E-state index is 5.78. The minimum atomic E-state index is 0.0175. The summed E-state index contributed by atoms with van der Waals surface area (Å²) in [5, 5.41) is 8.25. The van der Waals surface area contributed by atoms with Crippen LogP contribution in [0.15, 0.2) is 22.7 Å². The second kappa shape index (κ2) is 6.23. The van der Waals surface area contributed by atoms with Gasteiger partial charge in [-0.3, -0.25) is 0 Å². The number of aryl methyl sites for hydroxylation is 2. The Hall–Kier alpha value is -2.83. The number of anilines is 1. The summed E-state index contributed by atoms with van der Waals surface area (Å²) in [6.07, 6.45) is 0.892. The molecule has 3 heterocycles. The van der Waals surface area contributed by atoms with Gasteiger partial charge in [0.25, 0.3) is 5.71 Å². The molecule has 130 valence electrons. The summed E-state index contributed by atoms with van der Waals surface area (Å²) in [7, 11) is 0. The van der Waals surface area contributed by atoms with Gasteiger partial charge in [0.05, 0.1) is 24.9 Å². The normalized spacial score (nSPS) is 15.0. The van der Waals surface area contributed by atoms with E-state index in [0.29, 0.717) is 24.8 Å². The van der Waals surface area contributed by atoms with Crippen molar-refractivity contribution in [1.29, 1.82) is 0 Å². The fourth-order valence-corrected chi connectivity index (χ4v) is 2.94. The number of nitrogens with one attached hydrogen (secondary N) is 1. The van der Waals surface area contributed by atoms with E-state index in [-0.39, 0.29) is 6.04 Å². The zero-order chi connectivity index (χ0) is 17.4. The predicted molar refractivity (Wildman–Crippen MR) is 93.2 cm³/mol.